The van der Waals surface area contributed by atoms with Crippen molar-refractivity contribution in [3.63, 3.8) is 0 Å². The van der Waals surface area contributed by atoms with Gasteiger partial charge in [-0.3, -0.25) is 9.59 Å². The summed E-state index contributed by atoms with van der Waals surface area (Å²) in [5.41, 5.74) is -0.583. The lowest BCUT2D eigenvalue weighted by Crippen LogP contribution is -2.68. The molecule has 0 aromatic rings. The fourth-order valence-corrected chi connectivity index (χ4v) is 2.10. The summed E-state index contributed by atoms with van der Waals surface area (Å²) < 4.78 is 0. The molecular formula is C14H26N2O2. The van der Waals surface area contributed by atoms with Crippen LogP contribution in [0.3, 0.4) is 0 Å². The van der Waals surface area contributed by atoms with Crippen molar-refractivity contribution in [2.24, 2.45) is 5.41 Å². The third kappa shape index (κ3) is 3.03. The zero-order valence-electron chi connectivity index (χ0n) is 12.5. The molecule has 18 heavy (non-hydrogen) atoms. The van der Waals surface area contributed by atoms with E-state index in [0.29, 0.717) is 13.0 Å². The molecule has 1 rings (SSSR count). The highest BCUT2D eigenvalue weighted by molar-refractivity contribution is 5.99. The smallest absolute Gasteiger partial charge is 0.246 e. The molecule has 1 aliphatic heterocycles. The van der Waals surface area contributed by atoms with Crippen LogP contribution in [-0.4, -0.2) is 34.8 Å². The van der Waals surface area contributed by atoms with Gasteiger partial charge in [0.15, 0.2) is 0 Å². The molecule has 0 aromatic carbocycles. The fourth-order valence-electron chi connectivity index (χ4n) is 2.10. The number of piperazine rings is 1. The van der Waals surface area contributed by atoms with E-state index >= 15 is 0 Å². The minimum absolute atomic E-state index is 0.0475. The van der Waals surface area contributed by atoms with Crippen LogP contribution in [0.25, 0.3) is 0 Å². The van der Waals surface area contributed by atoms with Crippen LogP contribution >= 0.6 is 0 Å². The van der Waals surface area contributed by atoms with E-state index in [9.17, 15) is 9.59 Å². The highest BCUT2D eigenvalue weighted by atomic mass is 16.2. The van der Waals surface area contributed by atoms with E-state index in [0.717, 1.165) is 6.42 Å². The van der Waals surface area contributed by atoms with E-state index in [1.54, 1.807) is 4.90 Å². The van der Waals surface area contributed by atoms with Gasteiger partial charge in [0.1, 0.15) is 11.6 Å². The predicted molar refractivity (Wildman–Crippen MR) is 72.1 cm³/mol. The summed E-state index contributed by atoms with van der Waals surface area (Å²) in [6.45, 7) is 12.6. The van der Waals surface area contributed by atoms with Crippen molar-refractivity contribution in [3.8, 4) is 0 Å². The van der Waals surface area contributed by atoms with Crippen molar-refractivity contribution in [1.82, 2.24) is 10.2 Å². The SMILES string of the molecule is CCC1NC(=O)C(C)(C)N(CCC(C)(C)C)C1=O. The molecule has 104 valence electrons. The summed E-state index contributed by atoms with van der Waals surface area (Å²) in [5.74, 6) is -0.00536. The standard InChI is InChI=1S/C14H26N2O2/c1-7-10-11(17)16(9-8-13(2,3)4)14(5,6)12(18)15-10/h10H,7-9H2,1-6H3,(H,15,18). The van der Waals surface area contributed by atoms with Crippen molar-refractivity contribution >= 4 is 11.8 Å². The predicted octanol–water partition coefficient (Wildman–Crippen LogP) is 1.94. The maximum atomic E-state index is 12.3. The van der Waals surface area contributed by atoms with E-state index < -0.39 is 5.54 Å². The average molecular weight is 254 g/mol. The zero-order chi connectivity index (χ0) is 14.1. The highest BCUT2D eigenvalue weighted by Gasteiger charge is 2.45. The Labute approximate surface area is 110 Å². The van der Waals surface area contributed by atoms with Gasteiger partial charge in [-0.25, -0.2) is 0 Å². The maximum absolute atomic E-state index is 12.3. The van der Waals surface area contributed by atoms with Gasteiger partial charge in [-0.15, -0.1) is 0 Å². The molecule has 0 aromatic heterocycles. The Morgan fingerprint density at radius 1 is 1.28 bits per heavy atom. The molecule has 1 atom stereocenters. The number of carbonyl (C=O) groups excluding carboxylic acids is 2. The number of nitrogens with one attached hydrogen (secondary N) is 1. The summed E-state index contributed by atoms with van der Waals surface area (Å²) in [7, 11) is 0. The van der Waals surface area contributed by atoms with Crippen LogP contribution in [0.15, 0.2) is 0 Å². The van der Waals surface area contributed by atoms with E-state index in [1.165, 1.54) is 0 Å². The van der Waals surface area contributed by atoms with Gasteiger partial charge in [0.05, 0.1) is 0 Å². The van der Waals surface area contributed by atoms with Gasteiger partial charge in [-0.1, -0.05) is 27.7 Å². The second-order valence-corrected chi connectivity index (χ2v) is 6.79. The molecule has 1 N–H and O–H groups in total. The Balaban J connectivity index is 2.88. The molecule has 0 saturated carbocycles. The van der Waals surface area contributed by atoms with Crippen LogP contribution in [0.2, 0.25) is 0 Å². The third-order valence-corrected chi connectivity index (χ3v) is 3.59. The Bertz CT molecular complexity index is 342. The minimum Gasteiger partial charge on any atom is -0.342 e. The molecule has 2 amide bonds. The Kier molecular flexibility index (Phi) is 4.08. The van der Waals surface area contributed by atoms with Gasteiger partial charge in [0.2, 0.25) is 11.8 Å². The lowest BCUT2D eigenvalue weighted by Gasteiger charge is -2.45. The van der Waals surface area contributed by atoms with Crippen LogP contribution in [0, 0.1) is 5.41 Å². The van der Waals surface area contributed by atoms with Crippen molar-refractivity contribution in [2.45, 2.75) is 66.0 Å². The summed E-state index contributed by atoms with van der Waals surface area (Å²) in [5, 5.41) is 2.80. The molecule has 0 bridgehead atoms. The summed E-state index contributed by atoms with van der Waals surface area (Å²) in [6, 6.07) is -0.356. The van der Waals surface area contributed by atoms with Crippen molar-refractivity contribution in [1.29, 1.82) is 0 Å². The van der Waals surface area contributed by atoms with Crippen LogP contribution in [0.4, 0.5) is 0 Å². The molecule has 1 heterocycles. The molecule has 1 saturated heterocycles. The van der Waals surface area contributed by atoms with Crippen LogP contribution in [0.1, 0.15) is 54.4 Å². The topological polar surface area (TPSA) is 49.4 Å². The number of nitrogens with zero attached hydrogens (tertiary/aromatic N) is 1. The molecule has 0 aliphatic carbocycles. The Hall–Kier alpha value is -1.06. The molecule has 4 nitrogen and oxygen atoms in total. The first-order valence-corrected chi connectivity index (χ1v) is 6.72. The first-order valence-electron chi connectivity index (χ1n) is 6.72. The molecular weight excluding hydrogens is 228 g/mol. The summed E-state index contributed by atoms with van der Waals surface area (Å²) in [6.07, 6.45) is 1.54. The molecule has 1 aliphatic rings. The van der Waals surface area contributed by atoms with Crippen LogP contribution in [0.5, 0.6) is 0 Å². The maximum Gasteiger partial charge on any atom is 0.246 e. The summed E-state index contributed by atoms with van der Waals surface area (Å²) >= 11 is 0. The van der Waals surface area contributed by atoms with Crippen molar-refractivity contribution in [3.05, 3.63) is 0 Å². The number of carbonyl (C=O) groups is 2. The van der Waals surface area contributed by atoms with Gasteiger partial charge in [-0.05, 0) is 32.1 Å². The first kappa shape index (κ1) is 15.0. The summed E-state index contributed by atoms with van der Waals surface area (Å²) in [4.78, 5) is 26.1. The highest BCUT2D eigenvalue weighted by Crippen LogP contribution is 2.26. The lowest BCUT2D eigenvalue weighted by molar-refractivity contribution is -0.155. The second-order valence-electron chi connectivity index (χ2n) is 6.79. The normalized spacial score (nSPS) is 24.1. The van der Waals surface area contributed by atoms with Gasteiger partial charge in [-0.2, -0.15) is 0 Å². The van der Waals surface area contributed by atoms with E-state index in [2.05, 4.69) is 26.1 Å². The second kappa shape index (κ2) is 4.90. The monoisotopic (exact) mass is 254 g/mol. The van der Waals surface area contributed by atoms with E-state index in [-0.39, 0.29) is 23.3 Å². The van der Waals surface area contributed by atoms with E-state index in [1.807, 2.05) is 20.8 Å². The molecule has 0 spiro atoms. The van der Waals surface area contributed by atoms with Crippen molar-refractivity contribution < 1.29 is 9.59 Å². The molecule has 4 heteroatoms. The fraction of sp³-hybridized carbons (Fsp3) is 0.857. The molecule has 1 unspecified atom stereocenters. The van der Waals surface area contributed by atoms with E-state index in [4.69, 9.17) is 0 Å². The zero-order valence-corrected chi connectivity index (χ0v) is 12.5. The first-order chi connectivity index (χ1) is 8.09. The van der Waals surface area contributed by atoms with Crippen molar-refractivity contribution in [2.75, 3.05) is 6.54 Å². The van der Waals surface area contributed by atoms with Gasteiger partial charge >= 0.3 is 0 Å². The quantitative estimate of drug-likeness (QED) is 0.836. The third-order valence-electron chi connectivity index (χ3n) is 3.59. The van der Waals surface area contributed by atoms with Crippen LogP contribution in [-0.2, 0) is 9.59 Å². The van der Waals surface area contributed by atoms with Gasteiger partial charge in [0, 0.05) is 6.54 Å². The number of hydrogen-bond acceptors (Lipinski definition) is 2. The lowest BCUT2D eigenvalue weighted by atomic mass is 9.89. The van der Waals surface area contributed by atoms with Crippen LogP contribution < -0.4 is 5.32 Å². The number of amides is 2. The number of rotatable bonds is 3. The average Bonchev–Trinajstić information content (AvgIpc) is 2.21. The molecule has 1 fully saturated rings. The Morgan fingerprint density at radius 3 is 2.28 bits per heavy atom. The molecule has 0 radical (unpaired) electrons. The minimum atomic E-state index is -0.742. The number of hydrogen-bond donors (Lipinski definition) is 1. The van der Waals surface area contributed by atoms with Gasteiger partial charge in [0.25, 0.3) is 0 Å². The largest absolute Gasteiger partial charge is 0.342 e. The van der Waals surface area contributed by atoms with Gasteiger partial charge < -0.3 is 10.2 Å². The Morgan fingerprint density at radius 2 is 1.83 bits per heavy atom.